The maximum absolute atomic E-state index is 11.7. The van der Waals surface area contributed by atoms with Crippen LogP contribution in [0.15, 0.2) is 29.0 Å². The molecule has 0 aliphatic rings. The van der Waals surface area contributed by atoms with Gasteiger partial charge in [-0.3, -0.25) is 0 Å². The van der Waals surface area contributed by atoms with E-state index in [1.807, 2.05) is 26.8 Å². The molecule has 0 aromatic carbocycles. The molecule has 3 rings (SSSR count). The van der Waals surface area contributed by atoms with Gasteiger partial charge in [-0.1, -0.05) is 26.0 Å². The summed E-state index contributed by atoms with van der Waals surface area (Å²) in [6.07, 6.45) is 2.13. The third-order valence-corrected chi connectivity index (χ3v) is 3.98. The predicted molar refractivity (Wildman–Crippen MR) is 84.5 cm³/mol. The second kappa shape index (κ2) is 4.91. The van der Waals surface area contributed by atoms with Gasteiger partial charge in [-0.2, -0.15) is 0 Å². The van der Waals surface area contributed by atoms with Gasteiger partial charge in [0.1, 0.15) is 0 Å². The Balaban J connectivity index is 2.37. The van der Waals surface area contributed by atoms with Crippen LogP contribution in [0.3, 0.4) is 0 Å². The number of fused-ring (bicyclic) bond motifs is 1. The smallest absolute Gasteiger partial charge is 0.417 e. The normalized spacial score (nSPS) is 12.0. The van der Waals surface area contributed by atoms with E-state index < -0.39 is 6.09 Å². The van der Waals surface area contributed by atoms with Gasteiger partial charge in [0.25, 0.3) is 0 Å². The summed E-state index contributed by atoms with van der Waals surface area (Å²) < 4.78 is 3.47. The van der Waals surface area contributed by atoms with E-state index in [1.165, 1.54) is 15.4 Å². The van der Waals surface area contributed by atoms with Gasteiger partial charge in [0.2, 0.25) is 0 Å². The molecular formula is C14H14BrN5O2. The topological polar surface area (TPSA) is 85.8 Å². The zero-order valence-corrected chi connectivity index (χ0v) is 13.9. The van der Waals surface area contributed by atoms with Crippen molar-refractivity contribution in [2.24, 2.45) is 0 Å². The Morgan fingerprint density at radius 3 is 2.59 bits per heavy atom. The Morgan fingerprint density at radius 2 is 2.05 bits per heavy atom. The lowest BCUT2D eigenvalue weighted by Gasteiger charge is -2.19. The van der Waals surface area contributed by atoms with Crippen molar-refractivity contribution in [3.63, 3.8) is 0 Å². The van der Waals surface area contributed by atoms with E-state index in [4.69, 9.17) is 0 Å². The molecule has 0 aliphatic heterocycles. The van der Waals surface area contributed by atoms with Gasteiger partial charge in [0.05, 0.1) is 12.4 Å². The summed E-state index contributed by atoms with van der Waals surface area (Å²) in [7, 11) is 0. The summed E-state index contributed by atoms with van der Waals surface area (Å²) in [5.41, 5.74) is 0.725. The Morgan fingerprint density at radius 1 is 1.32 bits per heavy atom. The van der Waals surface area contributed by atoms with Gasteiger partial charge in [-0.25, -0.2) is 19.0 Å². The monoisotopic (exact) mass is 363 g/mol. The third kappa shape index (κ3) is 2.29. The number of aromatic nitrogens is 5. The van der Waals surface area contributed by atoms with E-state index in [2.05, 4.69) is 31.2 Å². The van der Waals surface area contributed by atoms with Crippen LogP contribution >= 0.6 is 15.9 Å². The van der Waals surface area contributed by atoms with E-state index in [-0.39, 0.29) is 5.41 Å². The molecule has 3 aromatic heterocycles. The van der Waals surface area contributed by atoms with Gasteiger partial charge >= 0.3 is 6.09 Å². The van der Waals surface area contributed by atoms with Crippen molar-refractivity contribution in [3.8, 4) is 5.82 Å². The van der Waals surface area contributed by atoms with Crippen molar-refractivity contribution in [1.29, 1.82) is 0 Å². The molecule has 0 fully saturated rings. The fraction of sp³-hybridized carbons (Fsp3) is 0.286. The Bertz CT molecular complexity index is 862. The van der Waals surface area contributed by atoms with E-state index in [0.717, 1.165) is 9.86 Å². The van der Waals surface area contributed by atoms with Crippen LogP contribution in [-0.4, -0.2) is 35.7 Å². The fourth-order valence-corrected chi connectivity index (χ4v) is 2.81. The summed E-state index contributed by atoms with van der Waals surface area (Å²) in [4.78, 5) is 16.2. The average molecular weight is 364 g/mol. The number of hydrogen-bond acceptors (Lipinski definition) is 4. The Kier molecular flexibility index (Phi) is 3.28. The highest BCUT2D eigenvalue weighted by molar-refractivity contribution is 9.10. The molecule has 0 atom stereocenters. The predicted octanol–water partition coefficient (Wildman–Crippen LogP) is 3.20. The first-order valence-corrected chi connectivity index (χ1v) is 7.41. The van der Waals surface area contributed by atoms with Crippen LogP contribution in [-0.2, 0) is 5.41 Å². The summed E-state index contributed by atoms with van der Waals surface area (Å²) in [5, 5.41) is 18.0. The minimum Gasteiger partial charge on any atom is -0.464 e. The maximum atomic E-state index is 11.7. The lowest BCUT2D eigenvalue weighted by atomic mass is 9.92. The summed E-state index contributed by atoms with van der Waals surface area (Å²) in [6, 6.07) is 3.64. The molecule has 0 spiro atoms. The van der Waals surface area contributed by atoms with Crippen LogP contribution in [0.5, 0.6) is 0 Å². The first kappa shape index (κ1) is 14.7. The van der Waals surface area contributed by atoms with Crippen molar-refractivity contribution in [2.75, 3.05) is 0 Å². The summed E-state index contributed by atoms with van der Waals surface area (Å²) >= 11 is 3.49. The molecule has 3 heterocycles. The highest BCUT2D eigenvalue weighted by Gasteiger charge is 2.26. The fourth-order valence-electron chi connectivity index (χ4n) is 2.31. The number of pyridine rings is 1. The number of carbonyl (C=O) groups is 1. The lowest BCUT2D eigenvalue weighted by molar-refractivity contribution is 0.195. The quantitative estimate of drug-likeness (QED) is 0.717. The molecule has 0 amide bonds. The second-order valence-corrected chi connectivity index (χ2v) is 6.80. The van der Waals surface area contributed by atoms with Crippen LogP contribution in [0, 0.1) is 0 Å². The molecule has 0 saturated carbocycles. The highest BCUT2D eigenvalue weighted by atomic mass is 79.9. The number of nitrogens with zero attached hydrogens (tertiary/aromatic N) is 5. The van der Waals surface area contributed by atoms with Gasteiger partial charge < -0.3 is 5.11 Å². The molecule has 114 valence electrons. The van der Waals surface area contributed by atoms with Gasteiger partial charge in [-0.15, -0.1) is 5.10 Å². The molecule has 0 unspecified atom stereocenters. The number of hydrogen-bond donors (Lipinski definition) is 1. The molecule has 0 bridgehead atoms. The van der Waals surface area contributed by atoms with Gasteiger partial charge in [-0.05, 0) is 28.1 Å². The van der Waals surface area contributed by atoms with Gasteiger partial charge in [0.15, 0.2) is 11.5 Å². The number of rotatable bonds is 1. The molecule has 8 heteroatoms. The molecular weight excluding hydrogens is 350 g/mol. The molecule has 0 radical (unpaired) electrons. The standard InChI is InChI=1S/C14H14BrN5O2/c1-14(2,3)10-6-8-9(15)7-11(19-5-4-16-18-19)17-12(8)20(10)13(21)22/h4-7H,1-3H3,(H,21,22). The van der Waals surface area contributed by atoms with Crippen LogP contribution in [0.4, 0.5) is 4.79 Å². The van der Waals surface area contributed by atoms with Crippen LogP contribution < -0.4 is 0 Å². The average Bonchev–Trinajstić information content (AvgIpc) is 3.04. The summed E-state index contributed by atoms with van der Waals surface area (Å²) in [5.74, 6) is 0.498. The van der Waals surface area contributed by atoms with Crippen molar-refractivity contribution >= 4 is 33.1 Å². The SMILES string of the molecule is CC(C)(C)c1cc2c(Br)cc(-n3ccnn3)nc2n1C(=O)O. The van der Waals surface area contributed by atoms with Crippen molar-refractivity contribution in [3.05, 3.63) is 34.7 Å². The van der Waals surface area contributed by atoms with Crippen LogP contribution in [0.25, 0.3) is 16.9 Å². The number of halogens is 1. The lowest BCUT2D eigenvalue weighted by Crippen LogP contribution is -2.21. The van der Waals surface area contributed by atoms with E-state index in [9.17, 15) is 9.90 Å². The van der Waals surface area contributed by atoms with Gasteiger partial charge in [0, 0.05) is 21.0 Å². The molecule has 0 aliphatic carbocycles. The molecule has 1 N–H and O–H groups in total. The Labute approximate surface area is 134 Å². The van der Waals surface area contributed by atoms with E-state index in [0.29, 0.717) is 17.2 Å². The summed E-state index contributed by atoms with van der Waals surface area (Å²) in [6.45, 7) is 5.90. The first-order chi connectivity index (χ1) is 10.3. The highest BCUT2D eigenvalue weighted by Crippen LogP contribution is 2.33. The molecule has 0 saturated heterocycles. The second-order valence-electron chi connectivity index (χ2n) is 5.94. The zero-order chi connectivity index (χ0) is 16.1. The van der Waals surface area contributed by atoms with E-state index >= 15 is 0 Å². The van der Waals surface area contributed by atoms with E-state index in [1.54, 1.807) is 12.3 Å². The van der Waals surface area contributed by atoms with Crippen molar-refractivity contribution < 1.29 is 9.90 Å². The van der Waals surface area contributed by atoms with Crippen molar-refractivity contribution in [1.82, 2.24) is 24.5 Å². The minimum absolute atomic E-state index is 0.327. The largest absolute Gasteiger partial charge is 0.464 e. The maximum Gasteiger partial charge on any atom is 0.417 e. The zero-order valence-electron chi connectivity index (χ0n) is 12.3. The van der Waals surface area contributed by atoms with Crippen LogP contribution in [0.2, 0.25) is 0 Å². The van der Waals surface area contributed by atoms with Crippen molar-refractivity contribution in [2.45, 2.75) is 26.2 Å². The molecule has 3 aromatic rings. The third-order valence-electron chi connectivity index (χ3n) is 3.33. The Hall–Kier alpha value is -2.22. The first-order valence-electron chi connectivity index (χ1n) is 6.61. The number of carboxylic acid groups (broad SMARTS) is 1. The molecule has 7 nitrogen and oxygen atoms in total. The van der Waals surface area contributed by atoms with Crippen LogP contribution in [0.1, 0.15) is 26.5 Å². The molecule has 22 heavy (non-hydrogen) atoms. The minimum atomic E-state index is -1.06.